The van der Waals surface area contributed by atoms with Crippen LogP contribution in [-0.2, 0) is 0 Å². The molecule has 0 unspecified atom stereocenters. The molecule has 5 heteroatoms. The molecule has 0 spiro atoms. The van der Waals surface area contributed by atoms with E-state index >= 15 is 0 Å². The molecule has 2 amide bonds. The smallest absolute Gasteiger partial charge is 0.320 e. The van der Waals surface area contributed by atoms with Gasteiger partial charge in [-0.15, -0.1) is 0 Å². The van der Waals surface area contributed by atoms with Crippen LogP contribution in [0.5, 0.6) is 0 Å². The SMILES string of the molecule is NC(=O)N1CCSC1=S. The summed E-state index contributed by atoms with van der Waals surface area (Å²) in [6, 6.07) is -0.440. The van der Waals surface area contributed by atoms with Gasteiger partial charge in [-0.3, -0.25) is 4.90 Å². The third-order valence-electron chi connectivity index (χ3n) is 1.03. The highest BCUT2D eigenvalue weighted by molar-refractivity contribution is 8.23. The number of rotatable bonds is 0. The van der Waals surface area contributed by atoms with Gasteiger partial charge in [0.05, 0.1) is 0 Å². The Hall–Kier alpha value is -0.290. The molecule has 1 rings (SSSR count). The highest BCUT2D eigenvalue weighted by Gasteiger charge is 2.20. The first-order chi connectivity index (χ1) is 4.22. The average Bonchev–Trinajstić information content (AvgIpc) is 2.13. The van der Waals surface area contributed by atoms with E-state index < -0.39 is 6.03 Å². The first-order valence-electron chi connectivity index (χ1n) is 2.45. The zero-order valence-corrected chi connectivity index (χ0v) is 6.30. The van der Waals surface area contributed by atoms with E-state index in [1.54, 1.807) is 0 Å². The Labute approximate surface area is 62.6 Å². The van der Waals surface area contributed by atoms with Crippen molar-refractivity contribution in [2.24, 2.45) is 5.73 Å². The first kappa shape index (κ1) is 6.82. The molecule has 0 aromatic carbocycles. The number of carbonyl (C=O) groups excluding carboxylic acids is 1. The molecule has 1 aliphatic heterocycles. The number of carbonyl (C=O) groups is 1. The molecule has 1 saturated heterocycles. The second-order valence-electron chi connectivity index (χ2n) is 1.60. The van der Waals surface area contributed by atoms with Crippen molar-refractivity contribution in [3.8, 4) is 0 Å². The second kappa shape index (κ2) is 2.53. The van der Waals surface area contributed by atoms with Crippen molar-refractivity contribution in [2.75, 3.05) is 12.3 Å². The molecule has 9 heavy (non-hydrogen) atoms. The van der Waals surface area contributed by atoms with Gasteiger partial charge in [0.15, 0.2) is 0 Å². The van der Waals surface area contributed by atoms with Gasteiger partial charge in [0.1, 0.15) is 4.32 Å². The lowest BCUT2D eigenvalue weighted by Crippen LogP contribution is -2.35. The van der Waals surface area contributed by atoms with Gasteiger partial charge < -0.3 is 5.73 Å². The molecule has 0 radical (unpaired) electrons. The van der Waals surface area contributed by atoms with E-state index in [2.05, 4.69) is 0 Å². The van der Waals surface area contributed by atoms with Crippen LogP contribution in [0.1, 0.15) is 0 Å². The van der Waals surface area contributed by atoms with Gasteiger partial charge in [-0.2, -0.15) is 0 Å². The Balaban J connectivity index is 2.60. The molecule has 50 valence electrons. The van der Waals surface area contributed by atoms with E-state index in [-0.39, 0.29) is 0 Å². The highest BCUT2D eigenvalue weighted by Crippen LogP contribution is 2.16. The summed E-state index contributed by atoms with van der Waals surface area (Å²) in [4.78, 5) is 11.9. The van der Waals surface area contributed by atoms with Crippen LogP contribution in [0.25, 0.3) is 0 Å². The number of nitrogens with zero attached hydrogens (tertiary/aromatic N) is 1. The Morgan fingerprint density at radius 3 is 2.78 bits per heavy atom. The van der Waals surface area contributed by atoms with Crippen LogP contribution in [0.15, 0.2) is 0 Å². The van der Waals surface area contributed by atoms with E-state index in [4.69, 9.17) is 18.0 Å². The van der Waals surface area contributed by atoms with Crippen LogP contribution in [0.4, 0.5) is 4.79 Å². The number of urea groups is 1. The number of nitrogens with two attached hydrogens (primary N) is 1. The van der Waals surface area contributed by atoms with Gasteiger partial charge >= 0.3 is 6.03 Å². The molecule has 0 aromatic heterocycles. The molecule has 0 aromatic rings. The zero-order valence-electron chi connectivity index (χ0n) is 4.66. The minimum Gasteiger partial charge on any atom is -0.351 e. The monoisotopic (exact) mass is 162 g/mol. The molecule has 1 aliphatic rings. The highest BCUT2D eigenvalue weighted by atomic mass is 32.2. The molecular weight excluding hydrogens is 156 g/mol. The maximum absolute atomic E-state index is 10.5. The molecule has 0 aliphatic carbocycles. The summed E-state index contributed by atoms with van der Waals surface area (Å²) in [6.07, 6.45) is 0. The minimum atomic E-state index is -0.440. The van der Waals surface area contributed by atoms with E-state index in [1.165, 1.54) is 16.7 Å². The number of primary amides is 1. The van der Waals surface area contributed by atoms with Crippen LogP contribution in [0.2, 0.25) is 0 Å². The maximum Gasteiger partial charge on any atom is 0.320 e. The fourth-order valence-electron chi connectivity index (χ4n) is 0.594. The third kappa shape index (κ3) is 1.34. The van der Waals surface area contributed by atoms with Gasteiger partial charge in [0.25, 0.3) is 0 Å². The summed E-state index contributed by atoms with van der Waals surface area (Å²) in [7, 11) is 0. The molecule has 0 bridgehead atoms. The molecule has 1 heterocycles. The van der Waals surface area contributed by atoms with Gasteiger partial charge in [-0.1, -0.05) is 24.0 Å². The Morgan fingerprint density at radius 1 is 1.89 bits per heavy atom. The first-order valence-corrected chi connectivity index (χ1v) is 3.85. The third-order valence-corrected chi connectivity index (χ3v) is 2.45. The number of hydrogen-bond donors (Lipinski definition) is 1. The molecule has 3 nitrogen and oxygen atoms in total. The summed E-state index contributed by atoms with van der Waals surface area (Å²) < 4.78 is 0.600. The molecule has 2 N–H and O–H groups in total. The molecule has 0 saturated carbocycles. The van der Waals surface area contributed by atoms with Gasteiger partial charge in [0.2, 0.25) is 0 Å². The standard InChI is InChI=1S/C4H6N2OS2/c5-3(7)6-1-2-9-4(6)8/h1-2H2,(H2,5,7). The summed E-state index contributed by atoms with van der Waals surface area (Å²) in [5.74, 6) is 0.877. The molecule has 0 atom stereocenters. The van der Waals surface area contributed by atoms with Crippen molar-refractivity contribution < 1.29 is 4.79 Å². The fourth-order valence-corrected chi connectivity index (χ4v) is 1.81. The summed E-state index contributed by atoms with van der Waals surface area (Å²) in [5.41, 5.74) is 4.97. The Morgan fingerprint density at radius 2 is 2.56 bits per heavy atom. The maximum atomic E-state index is 10.5. The van der Waals surface area contributed by atoms with Crippen molar-refractivity contribution >= 4 is 34.3 Å². The Bertz CT molecular complexity index is 159. The van der Waals surface area contributed by atoms with Gasteiger partial charge in [-0.05, 0) is 0 Å². The van der Waals surface area contributed by atoms with Crippen molar-refractivity contribution in [3.63, 3.8) is 0 Å². The van der Waals surface area contributed by atoms with Crippen LogP contribution >= 0.6 is 24.0 Å². The fraction of sp³-hybridized carbons (Fsp3) is 0.500. The van der Waals surface area contributed by atoms with Gasteiger partial charge in [-0.25, -0.2) is 4.79 Å². The van der Waals surface area contributed by atoms with Gasteiger partial charge in [0, 0.05) is 12.3 Å². The predicted molar refractivity (Wildman–Crippen MR) is 41.3 cm³/mol. The van der Waals surface area contributed by atoms with Crippen molar-refractivity contribution in [1.29, 1.82) is 0 Å². The van der Waals surface area contributed by atoms with Crippen LogP contribution in [0.3, 0.4) is 0 Å². The second-order valence-corrected chi connectivity index (χ2v) is 3.33. The lowest BCUT2D eigenvalue weighted by atomic mass is 10.6. The summed E-state index contributed by atoms with van der Waals surface area (Å²) in [6.45, 7) is 0.666. The van der Waals surface area contributed by atoms with Crippen molar-refractivity contribution in [2.45, 2.75) is 0 Å². The summed E-state index contributed by atoms with van der Waals surface area (Å²) in [5, 5.41) is 0. The normalized spacial score (nSPS) is 18.7. The lowest BCUT2D eigenvalue weighted by molar-refractivity contribution is 0.233. The van der Waals surface area contributed by atoms with E-state index in [0.29, 0.717) is 10.9 Å². The largest absolute Gasteiger partial charge is 0.351 e. The minimum absolute atomic E-state index is 0.440. The van der Waals surface area contributed by atoms with Crippen LogP contribution < -0.4 is 5.73 Å². The van der Waals surface area contributed by atoms with Crippen molar-refractivity contribution in [1.82, 2.24) is 4.90 Å². The van der Waals surface area contributed by atoms with Crippen LogP contribution in [0, 0.1) is 0 Å². The predicted octanol–water partition coefficient (Wildman–Crippen LogP) is 0.399. The van der Waals surface area contributed by atoms with E-state index in [0.717, 1.165) is 5.75 Å². The number of hydrogen-bond acceptors (Lipinski definition) is 3. The van der Waals surface area contributed by atoms with E-state index in [1.807, 2.05) is 0 Å². The van der Waals surface area contributed by atoms with Crippen molar-refractivity contribution in [3.05, 3.63) is 0 Å². The zero-order chi connectivity index (χ0) is 6.85. The quantitative estimate of drug-likeness (QED) is 0.524. The number of amides is 2. The molecule has 1 fully saturated rings. The van der Waals surface area contributed by atoms with E-state index in [9.17, 15) is 4.79 Å². The topological polar surface area (TPSA) is 46.3 Å². The van der Waals surface area contributed by atoms with Crippen LogP contribution in [-0.4, -0.2) is 27.5 Å². The molecular formula is C4H6N2OS2. The lowest BCUT2D eigenvalue weighted by Gasteiger charge is -2.08. The summed E-state index contributed by atoms with van der Waals surface area (Å²) >= 11 is 6.29. The number of thioether (sulfide) groups is 1. The average molecular weight is 162 g/mol. The Kier molecular flexibility index (Phi) is 1.92. The number of thiocarbonyl (C=S) groups is 1.